The molecule has 0 spiro atoms. The molecule has 0 saturated carbocycles. The lowest BCUT2D eigenvalue weighted by atomic mass is 9.89. The minimum absolute atomic E-state index is 0.184. The molecule has 2 aromatic rings. The molecule has 1 aliphatic rings. The largest absolute Gasteiger partial charge is 0.404 e. The molecule has 1 aliphatic heterocycles. The molecule has 1 fully saturated rings. The number of ketones is 1. The number of likely N-dealkylation sites (tertiary alicyclic amines) is 1. The van der Waals surface area contributed by atoms with Gasteiger partial charge < -0.3 is 16.0 Å². The van der Waals surface area contributed by atoms with Gasteiger partial charge in [-0.25, -0.2) is 4.98 Å². The summed E-state index contributed by atoms with van der Waals surface area (Å²) >= 11 is 1.60. The maximum atomic E-state index is 13.1. The number of nitrogens with two attached hydrogens (primary N) is 1. The summed E-state index contributed by atoms with van der Waals surface area (Å²) in [6, 6.07) is 7.46. The Morgan fingerprint density at radius 3 is 2.59 bits per heavy atom. The molecule has 7 nitrogen and oxygen atoms in total. The van der Waals surface area contributed by atoms with Gasteiger partial charge in [0.1, 0.15) is 12.0 Å². The van der Waals surface area contributed by atoms with Crippen LogP contribution in [0.15, 0.2) is 42.1 Å². The van der Waals surface area contributed by atoms with E-state index in [4.69, 9.17) is 5.73 Å². The second-order valence-corrected chi connectivity index (χ2v) is 9.21. The van der Waals surface area contributed by atoms with Crippen LogP contribution in [-0.2, 0) is 20.9 Å². The molecule has 0 aliphatic carbocycles. The van der Waals surface area contributed by atoms with E-state index >= 15 is 0 Å². The Bertz CT molecular complexity index is 997. The summed E-state index contributed by atoms with van der Waals surface area (Å²) in [5.74, 6) is -1.83. The SMILES string of the molecule is Cc1ncsc1-c1ccc(CNC(=O)[C@@H]2CCCN2C(=O)C(C(=O)C=CN)C(C)C)cc1. The lowest BCUT2D eigenvalue weighted by molar-refractivity contribution is -0.146. The van der Waals surface area contributed by atoms with E-state index in [-0.39, 0.29) is 23.5 Å². The van der Waals surface area contributed by atoms with Crippen molar-refractivity contribution in [3.63, 3.8) is 0 Å². The van der Waals surface area contributed by atoms with Crippen LogP contribution in [0.2, 0.25) is 0 Å². The summed E-state index contributed by atoms with van der Waals surface area (Å²) < 4.78 is 0. The minimum atomic E-state index is -0.828. The Morgan fingerprint density at radius 2 is 2.00 bits per heavy atom. The van der Waals surface area contributed by atoms with E-state index in [1.165, 1.54) is 6.08 Å². The topological polar surface area (TPSA) is 105 Å². The van der Waals surface area contributed by atoms with E-state index in [2.05, 4.69) is 10.3 Å². The number of aromatic nitrogens is 1. The average Bonchev–Trinajstić information content (AvgIpc) is 3.41. The normalized spacial score (nSPS) is 17.1. The molecular weight excluding hydrogens is 424 g/mol. The van der Waals surface area contributed by atoms with Gasteiger partial charge in [-0.05, 0) is 49.1 Å². The molecule has 3 N–H and O–H groups in total. The number of hydrogen-bond donors (Lipinski definition) is 2. The molecule has 2 amide bonds. The number of benzene rings is 1. The summed E-state index contributed by atoms with van der Waals surface area (Å²) in [5.41, 5.74) is 10.3. The highest BCUT2D eigenvalue weighted by Gasteiger charge is 2.40. The van der Waals surface area contributed by atoms with Crippen LogP contribution in [0.1, 0.15) is 37.9 Å². The van der Waals surface area contributed by atoms with E-state index in [9.17, 15) is 14.4 Å². The molecule has 0 bridgehead atoms. The summed E-state index contributed by atoms with van der Waals surface area (Å²) in [6.45, 7) is 6.49. The lowest BCUT2D eigenvalue weighted by Gasteiger charge is -2.29. The second-order valence-electron chi connectivity index (χ2n) is 8.35. The molecule has 1 aromatic heterocycles. The van der Waals surface area contributed by atoms with Gasteiger partial charge in [0.15, 0.2) is 5.78 Å². The molecule has 170 valence electrons. The Hall–Kier alpha value is -3.00. The van der Waals surface area contributed by atoms with Gasteiger partial charge in [-0.1, -0.05) is 38.1 Å². The number of rotatable bonds is 8. The van der Waals surface area contributed by atoms with Crippen LogP contribution in [0.3, 0.4) is 0 Å². The molecule has 0 radical (unpaired) electrons. The molecule has 2 atom stereocenters. The number of nitrogens with one attached hydrogen (secondary N) is 1. The first-order valence-corrected chi connectivity index (χ1v) is 11.7. The van der Waals surface area contributed by atoms with Crippen molar-refractivity contribution in [2.45, 2.75) is 46.2 Å². The lowest BCUT2D eigenvalue weighted by Crippen LogP contribution is -2.49. The Balaban J connectivity index is 1.63. The highest BCUT2D eigenvalue weighted by Crippen LogP contribution is 2.27. The zero-order chi connectivity index (χ0) is 23.3. The Kier molecular flexibility index (Phi) is 7.80. The summed E-state index contributed by atoms with van der Waals surface area (Å²) in [4.78, 5) is 45.4. The van der Waals surface area contributed by atoms with Crippen LogP contribution < -0.4 is 11.1 Å². The Morgan fingerprint density at radius 1 is 1.28 bits per heavy atom. The molecule has 8 heteroatoms. The van der Waals surface area contributed by atoms with Crippen molar-refractivity contribution in [2.75, 3.05) is 6.54 Å². The van der Waals surface area contributed by atoms with Gasteiger partial charge >= 0.3 is 0 Å². The second kappa shape index (κ2) is 10.5. The average molecular weight is 455 g/mol. The third-order valence-corrected chi connectivity index (χ3v) is 6.74. The fourth-order valence-electron chi connectivity index (χ4n) is 4.08. The maximum Gasteiger partial charge on any atom is 0.243 e. The highest BCUT2D eigenvalue weighted by molar-refractivity contribution is 7.13. The van der Waals surface area contributed by atoms with Gasteiger partial charge in [-0.2, -0.15) is 0 Å². The first kappa shape index (κ1) is 23.7. The molecule has 1 saturated heterocycles. The van der Waals surface area contributed by atoms with Gasteiger partial charge in [0.25, 0.3) is 0 Å². The molecule has 3 rings (SSSR count). The van der Waals surface area contributed by atoms with Crippen molar-refractivity contribution in [3.05, 3.63) is 53.3 Å². The minimum Gasteiger partial charge on any atom is -0.404 e. The number of hydrogen-bond acceptors (Lipinski definition) is 6. The molecular formula is C24H30N4O3S. The van der Waals surface area contributed by atoms with Crippen molar-refractivity contribution < 1.29 is 14.4 Å². The monoisotopic (exact) mass is 454 g/mol. The molecule has 1 aromatic carbocycles. The molecule has 2 heterocycles. The van der Waals surface area contributed by atoms with Crippen LogP contribution in [-0.4, -0.2) is 40.1 Å². The van der Waals surface area contributed by atoms with Gasteiger partial charge in [0.05, 0.1) is 16.1 Å². The quantitative estimate of drug-likeness (QED) is 0.471. The van der Waals surface area contributed by atoms with Crippen LogP contribution in [0.5, 0.6) is 0 Å². The Labute approximate surface area is 192 Å². The smallest absolute Gasteiger partial charge is 0.243 e. The number of nitrogens with zero attached hydrogens (tertiary/aromatic N) is 2. The van der Waals surface area contributed by atoms with Gasteiger partial charge in [0, 0.05) is 13.1 Å². The van der Waals surface area contributed by atoms with Crippen LogP contribution >= 0.6 is 11.3 Å². The number of allylic oxidation sites excluding steroid dienone is 1. The molecule has 1 unspecified atom stereocenters. The van der Waals surface area contributed by atoms with Crippen molar-refractivity contribution in [3.8, 4) is 10.4 Å². The van der Waals surface area contributed by atoms with E-state index in [1.807, 2.05) is 50.5 Å². The van der Waals surface area contributed by atoms with Crippen molar-refractivity contribution >= 4 is 28.9 Å². The van der Waals surface area contributed by atoms with Crippen LogP contribution in [0, 0.1) is 18.8 Å². The molecule has 32 heavy (non-hydrogen) atoms. The van der Waals surface area contributed by atoms with E-state index < -0.39 is 12.0 Å². The third-order valence-electron chi connectivity index (χ3n) is 5.77. The van der Waals surface area contributed by atoms with Crippen molar-refractivity contribution in [2.24, 2.45) is 17.6 Å². The van der Waals surface area contributed by atoms with Crippen LogP contribution in [0.25, 0.3) is 10.4 Å². The summed E-state index contributed by atoms with van der Waals surface area (Å²) in [7, 11) is 0. The number of aryl methyl sites for hydroxylation is 1. The van der Waals surface area contributed by atoms with E-state index in [1.54, 1.807) is 16.2 Å². The standard InChI is InChI=1S/C24H30N4O3S/c1-15(2)21(20(29)10-11-25)24(31)28-12-4-5-19(28)23(30)26-13-17-6-8-18(9-7-17)22-16(3)27-14-32-22/h6-11,14-15,19,21H,4-5,12-13,25H2,1-3H3,(H,26,30)/t19-,21?/m0/s1. The zero-order valence-electron chi connectivity index (χ0n) is 18.7. The predicted molar refractivity (Wildman–Crippen MR) is 126 cm³/mol. The van der Waals surface area contributed by atoms with Crippen molar-refractivity contribution in [1.82, 2.24) is 15.2 Å². The number of amides is 2. The first-order valence-electron chi connectivity index (χ1n) is 10.8. The van der Waals surface area contributed by atoms with Crippen LogP contribution in [0.4, 0.5) is 0 Å². The fourth-order valence-corrected chi connectivity index (χ4v) is 4.89. The highest BCUT2D eigenvalue weighted by atomic mass is 32.1. The van der Waals surface area contributed by atoms with E-state index in [0.717, 1.165) is 34.3 Å². The van der Waals surface area contributed by atoms with Gasteiger partial charge in [-0.3, -0.25) is 14.4 Å². The summed E-state index contributed by atoms with van der Waals surface area (Å²) in [6.07, 6.45) is 3.71. The number of thiazole rings is 1. The van der Waals surface area contributed by atoms with Gasteiger partial charge in [-0.15, -0.1) is 11.3 Å². The predicted octanol–water partition coefficient (Wildman–Crippen LogP) is 3.04. The van der Waals surface area contributed by atoms with Crippen molar-refractivity contribution in [1.29, 1.82) is 0 Å². The number of carbonyl (C=O) groups is 3. The maximum absolute atomic E-state index is 13.1. The van der Waals surface area contributed by atoms with Gasteiger partial charge in [0.2, 0.25) is 11.8 Å². The van der Waals surface area contributed by atoms with E-state index in [0.29, 0.717) is 19.5 Å². The first-order chi connectivity index (χ1) is 15.3. The number of carbonyl (C=O) groups excluding carboxylic acids is 3. The zero-order valence-corrected chi connectivity index (χ0v) is 19.5. The summed E-state index contributed by atoms with van der Waals surface area (Å²) in [5, 5.41) is 2.95. The third kappa shape index (κ3) is 5.24. The fraction of sp³-hybridized carbons (Fsp3) is 0.417.